The molecule has 2 aromatic rings. The molecule has 4 N–H and O–H groups in total. The number of aliphatic hydroxyl groups excluding tert-OH is 2. The van der Waals surface area contributed by atoms with Crippen LogP contribution < -0.4 is 0 Å². The van der Waals surface area contributed by atoms with E-state index >= 15 is 0 Å². The molecule has 1 fully saturated rings. The van der Waals surface area contributed by atoms with E-state index in [-0.39, 0.29) is 12.3 Å². The first-order valence-electron chi connectivity index (χ1n) is 9.35. The highest BCUT2D eigenvalue weighted by Crippen LogP contribution is 2.32. The summed E-state index contributed by atoms with van der Waals surface area (Å²) in [5.41, 5.74) is 4.82. The minimum absolute atomic E-state index is 0.193. The molecule has 0 spiro atoms. The van der Waals surface area contributed by atoms with Gasteiger partial charge in [-0.25, -0.2) is 4.79 Å². The SMILES string of the molecule is CO.COC(=O)C(=N)c1cccc(C)c1CO.Cc1cccc(C(=N)C2CC2)c1. The molecule has 1 saturated carbocycles. The van der Waals surface area contributed by atoms with Gasteiger partial charge in [0, 0.05) is 24.3 Å². The molecule has 1 aliphatic carbocycles. The van der Waals surface area contributed by atoms with Crippen LogP contribution in [0.25, 0.3) is 0 Å². The molecule has 156 valence electrons. The molecule has 0 atom stereocenters. The van der Waals surface area contributed by atoms with E-state index in [9.17, 15) is 4.79 Å². The monoisotopic (exact) mass is 398 g/mol. The van der Waals surface area contributed by atoms with Crippen LogP contribution in [0.15, 0.2) is 42.5 Å². The van der Waals surface area contributed by atoms with Crippen molar-refractivity contribution < 1.29 is 19.7 Å². The predicted octanol–water partition coefficient (Wildman–Crippen LogP) is 3.41. The van der Waals surface area contributed by atoms with Gasteiger partial charge in [0.15, 0.2) is 0 Å². The Hall–Kier alpha value is -2.83. The van der Waals surface area contributed by atoms with Gasteiger partial charge in [0.05, 0.1) is 13.7 Å². The smallest absolute Gasteiger partial charge is 0.356 e. The van der Waals surface area contributed by atoms with Gasteiger partial charge in [-0.05, 0) is 43.4 Å². The Kier molecular flexibility index (Phi) is 9.92. The highest BCUT2D eigenvalue weighted by atomic mass is 16.5. The maximum Gasteiger partial charge on any atom is 0.356 e. The van der Waals surface area contributed by atoms with Crippen molar-refractivity contribution in [1.29, 1.82) is 10.8 Å². The van der Waals surface area contributed by atoms with Gasteiger partial charge in [0.1, 0.15) is 5.71 Å². The van der Waals surface area contributed by atoms with E-state index < -0.39 is 5.97 Å². The fourth-order valence-electron chi connectivity index (χ4n) is 2.78. The summed E-state index contributed by atoms with van der Waals surface area (Å²) in [5.74, 6) is -0.137. The Balaban J connectivity index is 0.000000272. The minimum Gasteiger partial charge on any atom is -0.464 e. The third-order valence-corrected chi connectivity index (χ3v) is 4.54. The summed E-state index contributed by atoms with van der Waals surface area (Å²) in [5, 5.41) is 31.6. The van der Waals surface area contributed by atoms with Crippen molar-refractivity contribution in [2.75, 3.05) is 14.2 Å². The van der Waals surface area contributed by atoms with E-state index in [2.05, 4.69) is 23.8 Å². The average molecular weight is 399 g/mol. The molecule has 29 heavy (non-hydrogen) atoms. The summed E-state index contributed by atoms with van der Waals surface area (Å²) in [6, 6.07) is 13.4. The van der Waals surface area contributed by atoms with Crippen molar-refractivity contribution in [2.24, 2.45) is 5.92 Å². The fourth-order valence-corrected chi connectivity index (χ4v) is 2.78. The number of ether oxygens (including phenoxy) is 1. The molecule has 0 unspecified atom stereocenters. The van der Waals surface area contributed by atoms with Crippen molar-refractivity contribution in [2.45, 2.75) is 33.3 Å². The van der Waals surface area contributed by atoms with Crippen LogP contribution in [-0.4, -0.2) is 41.8 Å². The number of methoxy groups -OCH3 is 1. The van der Waals surface area contributed by atoms with Crippen LogP contribution in [0.4, 0.5) is 0 Å². The Bertz CT molecular complexity index is 858. The van der Waals surface area contributed by atoms with Crippen LogP contribution in [0.2, 0.25) is 0 Å². The first-order chi connectivity index (χ1) is 13.9. The second kappa shape index (κ2) is 11.9. The van der Waals surface area contributed by atoms with Gasteiger partial charge in [-0.1, -0.05) is 48.0 Å². The molecule has 2 aromatic carbocycles. The number of hydrogen-bond acceptors (Lipinski definition) is 6. The quantitative estimate of drug-likeness (QED) is 0.456. The van der Waals surface area contributed by atoms with E-state index in [0.29, 0.717) is 17.0 Å². The van der Waals surface area contributed by atoms with Crippen LogP contribution in [0.3, 0.4) is 0 Å². The average Bonchev–Trinajstić information content (AvgIpc) is 3.59. The number of hydrogen-bond donors (Lipinski definition) is 4. The molecular formula is C23H30N2O4. The number of carbonyl (C=O) groups is 1. The maximum absolute atomic E-state index is 11.2. The minimum atomic E-state index is -0.699. The summed E-state index contributed by atoms with van der Waals surface area (Å²) >= 11 is 0. The maximum atomic E-state index is 11.2. The summed E-state index contributed by atoms with van der Waals surface area (Å²) in [6.45, 7) is 3.70. The molecule has 0 heterocycles. The lowest BCUT2D eigenvalue weighted by Crippen LogP contribution is -2.18. The van der Waals surface area contributed by atoms with Gasteiger partial charge >= 0.3 is 5.97 Å². The van der Waals surface area contributed by atoms with Crippen LogP contribution in [0.5, 0.6) is 0 Å². The van der Waals surface area contributed by atoms with Gasteiger partial charge in [0.2, 0.25) is 0 Å². The first-order valence-corrected chi connectivity index (χ1v) is 9.35. The third kappa shape index (κ3) is 6.93. The third-order valence-electron chi connectivity index (χ3n) is 4.54. The zero-order valence-electron chi connectivity index (χ0n) is 17.5. The lowest BCUT2D eigenvalue weighted by Gasteiger charge is -2.09. The standard InChI is InChI=1S/C11H13NO3.C11H13N.CH4O/c1-7-4-3-5-8(9(7)6-13)10(12)11(14)15-2;1-8-3-2-4-10(7-8)11(12)9-5-6-9;1-2/h3-5,12-13H,6H2,1-2H3;2-4,7,9,12H,5-6H2,1H3;2H,1H3. The topological polar surface area (TPSA) is 114 Å². The van der Waals surface area contributed by atoms with Crippen LogP contribution in [0, 0.1) is 30.6 Å². The van der Waals surface area contributed by atoms with Crippen molar-refractivity contribution in [3.05, 3.63) is 70.3 Å². The first kappa shape index (κ1) is 24.2. The number of aliphatic hydroxyl groups is 2. The molecule has 0 aliphatic heterocycles. The molecule has 6 nitrogen and oxygen atoms in total. The molecule has 3 rings (SSSR count). The van der Waals surface area contributed by atoms with E-state index in [1.807, 2.05) is 25.1 Å². The number of aryl methyl sites for hydroxylation is 2. The number of carbonyl (C=O) groups excluding carboxylic acids is 1. The summed E-state index contributed by atoms with van der Waals surface area (Å²) in [6.07, 6.45) is 2.43. The van der Waals surface area contributed by atoms with Crippen molar-refractivity contribution >= 4 is 17.4 Å². The van der Waals surface area contributed by atoms with Crippen LogP contribution in [-0.2, 0) is 16.1 Å². The molecule has 0 aromatic heterocycles. The molecule has 6 heteroatoms. The second-order valence-electron chi connectivity index (χ2n) is 6.68. The molecule has 0 amide bonds. The molecule has 1 aliphatic rings. The normalized spacial score (nSPS) is 11.9. The molecule has 0 bridgehead atoms. The van der Waals surface area contributed by atoms with E-state index in [0.717, 1.165) is 23.9 Å². The van der Waals surface area contributed by atoms with Crippen LogP contribution in [0.1, 0.15) is 40.7 Å². The van der Waals surface area contributed by atoms with Gasteiger partial charge in [-0.3, -0.25) is 5.41 Å². The molecule has 0 saturated heterocycles. The van der Waals surface area contributed by atoms with E-state index in [4.69, 9.17) is 21.0 Å². The molecular weight excluding hydrogens is 368 g/mol. The van der Waals surface area contributed by atoms with E-state index in [1.165, 1.54) is 25.5 Å². The summed E-state index contributed by atoms with van der Waals surface area (Å²) in [7, 11) is 2.23. The Morgan fingerprint density at radius 1 is 1.10 bits per heavy atom. The van der Waals surface area contributed by atoms with Gasteiger partial charge in [-0.15, -0.1) is 0 Å². The van der Waals surface area contributed by atoms with E-state index in [1.54, 1.807) is 12.1 Å². The second-order valence-corrected chi connectivity index (χ2v) is 6.68. The summed E-state index contributed by atoms with van der Waals surface area (Å²) in [4.78, 5) is 11.2. The number of benzene rings is 2. The van der Waals surface area contributed by atoms with Crippen LogP contribution >= 0.6 is 0 Å². The molecule has 0 radical (unpaired) electrons. The lowest BCUT2D eigenvalue weighted by atomic mass is 9.99. The Labute approximate surface area is 172 Å². The van der Waals surface area contributed by atoms with Crippen molar-refractivity contribution in [1.82, 2.24) is 0 Å². The largest absolute Gasteiger partial charge is 0.464 e. The van der Waals surface area contributed by atoms with Crippen molar-refractivity contribution in [3.8, 4) is 0 Å². The van der Waals surface area contributed by atoms with Gasteiger partial charge in [0.25, 0.3) is 0 Å². The zero-order chi connectivity index (χ0) is 22.0. The lowest BCUT2D eigenvalue weighted by molar-refractivity contribution is -0.132. The number of rotatable bonds is 5. The highest BCUT2D eigenvalue weighted by Gasteiger charge is 2.26. The Morgan fingerprint density at radius 2 is 1.72 bits per heavy atom. The zero-order valence-corrected chi connectivity index (χ0v) is 17.5. The Morgan fingerprint density at radius 3 is 2.24 bits per heavy atom. The van der Waals surface area contributed by atoms with Gasteiger partial charge in [-0.2, -0.15) is 0 Å². The number of esters is 1. The predicted molar refractivity (Wildman–Crippen MR) is 115 cm³/mol. The summed E-state index contributed by atoms with van der Waals surface area (Å²) < 4.78 is 4.46. The van der Waals surface area contributed by atoms with Gasteiger partial charge < -0.3 is 20.4 Å². The number of nitrogens with one attached hydrogen (secondary N) is 2. The fraction of sp³-hybridized carbons (Fsp3) is 0.348. The van der Waals surface area contributed by atoms with Crippen molar-refractivity contribution in [3.63, 3.8) is 0 Å². The highest BCUT2D eigenvalue weighted by molar-refractivity contribution is 6.42.